The molecule has 1 heterocycles. The van der Waals surface area contributed by atoms with Crippen LogP contribution in [-0.4, -0.2) is 28.5 Å². The van der Waals surface area contributed by atoms with Crippen molar-refractivity contribution in [2.75, 3.05) is 6.54 Å². The molecule has 0 radical (unpaired) electrons. The van der Waals surface area contributed by atoms with E-state index in [1.165, 1.54) is 11.3 Å². The highest BCUT2D eigenvalue weighted by atomic mass is 32.1. The first-order valence-corrected chi connectivity index (χ1v) is 5.79. The number of carbonyl (C=O) groups is 2. The van der Waals surface area contributed by atoms with E-state index in [0.717, 1.165) is 5.01 Å². The second kappa shape index (κ2) is 5.60. The highest BCUT2D eigenvalue weighted by Crippen LogP contribution is 2.19. The minimum Gasteiger partial charge on any atom is -0.480 e. The number of thiazole rings is 1. The summed E-state index contributed by atoms with van der Waals surface area (Å²) < 4.78 is 0. The number of carboxylic acid groups (broad SMARTS) is 1. The molecule has 5 nitrogen and oxygen atoms in total. The molecule has 1 aromatic rings. The third-order valence-electron chi connectivity index (χ3n) is 1.84. The quantitative estimate of drug-likeness (QED) is 0.807. The Bertz CT molecular complexity index is 387. The highest BCUT2D eigenvalue weighted by molar-refractivity contribution is 7.09. The predicted octanol–water partition coefficient (Wildman–Crippen LogP) is 1.01. The Kier molecular flexibility index (Phi) is 4.42. The van der Waals surface area contributed by atoms with Crippen molar-refractivity contribution < 1.29 is 14.7 Å². The van der Waals surface area contributed by atoms with Crippen LogP contribution in [0.2, 0.25) is 0 Å². The molecule has 0 saturated carbocycles. The van der Waals surface area contributed by atoms with Crippen LogP contribution in [0.3, 0.4) is 0 Å². The van der Waals surface area contributed by atoms with Crippen LogP contribution in [0.1, 0.15) is 30.5 Å². The number of rotatable bonds is 5. The second-order valence-electron chi connectivity index (χ2n) is 3.68. The molecule has 1 rings (SSSR count). The summed E-state index contributed by atoms with van der Waals surface area (Å²) in [6, 6.07) is 0. The van der Waals surface area contributed by atoms with Crippen molar-refractivity contribution in [1.29, 1.82) is 0 Å². The lowest BCUT2D eigenvalue weighted by Crippen LogP contribution is -2.30. The zero-order valence-corrected chi connectivity index (χ0v) is 10.0. The second-order valence-corrected chi connectivity index (χ2v) is 4.57. The van der Waals surface area contributed by atoms with Crippen molar-refractivity contribution in [3.05, 3.63) is 16.1 Å². The summed E-state index contributed by atoms with van der Waals surface area (Å²) >= 11 is 1.52. The van der Waals surface area contributed by atoms with E-state index in [2.05, 4.69) is 10.3 Å². The molecule has 0 aliphatic rings. The summed E-state index contributed by atoms with van der Waals surface area (Å²) in [5.41, 5.74) is 0.691. The molecule has 0 aliphatic heterocycles. The molecular weight excluding hydrogens is 228 g/mol. The van der Waals surface area contributed by atoms with Gasteiger partial charge in [-0.2, -0.15) is 0 Å². The number of aliphatic carboxylic acids is 1. The molecule has 0 saturated heterocycles. The lowest BCUT2D eigenvalue weighted by atomic mass is 10.2. The summed E-state index contributed by atoms with van der Waals surface area (Å²) in [4.78, 5) is 25.8. The third kappa shape index (κ3) is 3.98. The van der Waals surface area contributed by atoms with Crippen LogP contribution in [0.4, 0.5) is 0 Å². The first-order valence-electron chi connectivity index (χ1n) is 4.92. The monoisotopic (exact) mass is 242 g/mol. The van der Waals surface area contributed by atoms with Gasteiger partial charge in [0.15, 0.2) is 0 Å². The van der Waals surface area contributed by atoms with E-state index >= 15 is 0 Å². The minimum absolute atomic E-state index is 0.135. The molecule has 0 aliphatic carbocycles. The van der Waals surface area contributed by atoms with Crippen molar-refractivity contribution in [2.45, 2.75) is 26.2 Å². The Morgan fingerprint density at radius 3 is 2.75 bits per heavy atom. The van der Waals surface area contributed by atoms with Gasteiger partial charge in [0.05, 0.1) is 17.1 Å². The average molecular weight is 242 g/mol. The largest absolute Gasteiger partial charge is 0.480 e. The SMILES string of the molecule is CC(C)c1nc(CC(=O)NCC(=O)O)cs1. The molecule has 0 bridgehead atoms. The van der Waals surface area contributed by atoms with Gasteiger partial charge in [-0.1, -0.05) is 13.8 Å². The van der Waals surface area contributed by atoms with Crippen LogP contribution in [0.15, 0.2) is 5.38 Å². The van der Waals surface area contributed by atoms with Crippen LogP contribution in [0.25, 0.3) is 0 Å². The van der Waals surface area contributed by atoms with Gasteiger partial charge in [0, 0.05) is 11.3 Å². The minimum atomic E-state index is -1.05. The first-order chi connectivity index (χ1) is 7.49. The van der Waals surface area contributed by atoms with Crippen molar-refractivity contribution in [3.8, 4) is 0 Å². The van der Waals surface area contributed by atoms with Gasteiger partial charge in [-0.25, -0.2) is 4.98 Å². The molecule has 0 fully saturated rings. The van der Waals surface area contributed by atoms with E-state index in [-0.39, 0.29) is 18.9 Å². The molecule has 0 aromatic carbocycles. The number of carbonyl (C=O) groups excluding carboxylic acids is 1. The molecule has 16 heavy (non-hydrogen) atoms. The van der Waals surface area contributed by atoms with Crippen molar-refractivity contribution in [1.82, 2.24) is 10.3 Å². The first kappa shape index (κ1) is 12.6. The lowest BCUT2D eigenvalue weighted by molar-refractivity contribution is -0.137. The number of nitrogens with zero attached hydrogens (tertiary/aromatic N) is 1. The molecule has 2 N–H and O–H groups in total. The highest BCUT2D eigenvalue weighted by Gasteiger charge is 2.10. The number of hydrogen-bond donors (Lipinski definition) is 2. The zero-order chi connectivity index (χ0) is 12.1. The third-order valence-corrected chi connectivity index (χ3v) is 3.04. The number of amides is 1. The van der Waals surface area contributed by atoms with Crippen LogP contribution >= 0.6 is 11.3 Å². The van der Waals surface area contributed by atoms with E-state index in [0.29, 0.717) is 11.6 Å². The predicted molar refractivity (Wildman–Crippen MR) is 60.6 cm³/mol. The van der Waals surface area contributed by atoms with Gasteiger partial charge in [-0.3, -0.25) is 9.59 Å². The maximum Gasteiger partial charge on any atom is 0.322 e. The van der Waals surface area contributed by atoms with Gasteiger partial charge in [0.25, 0.3) is 0 Å². The number of carboxylic acids is 1. The summed E-state index contributed by atoms with van der Waals surface area (Å²) in [5.74, 6) is -1.02. The normalized spacial score (nSPS) is 10.4. The Hall–Kier alpha value is -1.43. The lowest BCUT2D eigenvalue weighted by Gasteiger charge is -2.00. The number of nitrogens with one attached hydrogen (secondary N) is 1. The molecular formula is C10H14N2O3S. The van der Waals surface area contributed by atoms with Crippen molar-refractivity contribution in [2.24, 2.45) is 0 Å². The molecule has 1 amide bonds. The van der Waals surface area contributed by atoms with Crippen molar-refractivity contribution >= 4 is 23.2 Å². The smallest absolute Gasteiger partial charge is 0.322 e. The summed E-state index contributed by atoms with van der Waals surface area (Å²) in [6.07, 6.45) is 0.135. The van der Waals surface area contributed by atoms with Gasteiger partial charge in [-0.05, 0) is 0 Å². The van der Waals surface area contributed by atoms with Gasteiger partial charge in [0.1, 0.15) is 6.54 Å². The molecule has 0 atom stereocenters. The molecule has 0 unspecified atom stereocenters. The van der Waals surface area contributed by atoms with E-state index in [1.807, 2.05) is 19.2 Å². The van der Waals surface area contributed by atoms with E-state index in [9.17, 15) is 9.59 Å². The fraction of sp³-hybridized carbons (Fsp3) is 0.500. The van der Waals surface area contributed by atoms with Crippen LogP contribution < -0.4 is 5.32 Å². The van der Waals surface area contributed by atoms with Crippen LogP contribution in [-0.2, 0) is 16.0 Å². The van der Waals surface area contributed by atoms with Crippen LogP contribution in [0.5, 0.6) is 0 Å². The fourth-order valence-corrected chi connectivity index (χ4v) is 1.91. The van der Waals surface area contributed by atoms with E-state index in [4.69, 9.17) is 5.11 Å². The van der Waals surface area contributed by atoms with Gasteiger partial charge in [0.2, 0.25) is 5.91 Å². The molecule has 1 aromatic heterocycles. The Balaban J connectivity index is 2.46. The summed E-state index contributed by atoms with van der Waals surface area (Å²) in [7, 11) is 0. The topological polar surface area (TPSA) is 79.3 Å². The van der Waals surface area contributed by atoms with E-state index in [1.54, 1.807) is 0 Å². The standard InChI is InChI=1S/C10H14N2O3S/c1-6(2)10-12-7(5-16-10)3-8(13)11-4-9(14)15/h5-6H,3-4H2,1-2H3,(H,11,13)(H,14,15). The Morgan fingerprint density at radius 2 is 2.25 bits per heavy atom. The van der Waals surface area contributed by atoms with Gasteiger partial charge in [-0.15, -0.1) is 11.3 Å². The van der Waals surface area contributed by atoms with Crippen LogP contribution in [0, 0.1) is 0 Å². The van der Waals surface area contributed by atoms with Crippen molar-refractivity contribution in [3.63, 3.8) is 0 Å². The molecule has 88 valence electrons. The van der Waals surface area contributed by atoms with E-state index < -0.39 is 5.97 Å². The fourth-order valence-electron chi connectivity index (χ4n) is 1.07. The summed E-state index contributed by atoms with van der Waals surface area (Å²) in [5, 5.41) is 13.5. The Labute approximate surface area is 97.5 Å². The Morgan fingerprint density at radius 1 is 1.56 bits per heavy atom. The molecule has 6 heteroatoms. The number of hydrogen-bond acceptors (Lipinski definition) is 4. The maximum absolute atomic E-state index is 11.3. The van der Waals surface area contributed by atoms with Gasteiger partial charge >= 0.3 is 5.97 Å². The number of aromatic nitrogens is 1. The maximum atomic E-state index is 11.3. The molecule has 0 spiro atoms. The van der Waals surface area contributed by atoms with Gasteiger partial charge < -0.3 is 10.4 Å². The summed E-state index contributed by atoms with van der Waals surface area (Å²) in [6.45, 7) is 3.72. The zero-order valence-electron chi connectivity index (χ0n) is 9.19. The average Bonchev–Trinajstić information content (AvgIpc) is 2.63.